The van der Waals surface area contributed by atoms with Crippen LogP contribution >= 0.6 is 0 Å². The van der Waals surface area contributed by atoms with Gasteiger partial charge in [-0.2, -0.15) is 4.98 Å². The summed E-state index contributed by atoms with van der Waals surface area (Å²) in [6, 6.07) is 11.1. The van der Waals surface area contributed by atoms with E-state index in [1.807, 2.05) is 12.1 Å². The van der Waals surface area contributed by atoms with Crippen molar-refractivity contribution in [1.82, 2.24) is 19.8 Å². The molecule has 8 N–H and O–H groups in total. The molecule has 0 aliphatic carbocycles. The van der Waals surface area contributed by atoms with Gasteiger partial charge in [-0.3, -0.25) is 20.2 Å². The highest BCUT2D eigenvalue weighted by atomic mass is 19.2. The fourth-order valence-electron chi connectivity index (χ4n) is 3.65. The Kier molecular flexibility index (Phi) is 10.3. The minimum Gasteiger partial charge on any atom is -0.370 e. The predicted molar refractivity (Wildman–Crippen MR) is 142 cm³/mol. The topological polar surface area (TPSA) is 167 Å². The first kappa shape index (κ1) is 28.2. The quantitative estimate of drug-likeness (QED) is 0.119. The highest BCUT2D eigenvalue weighted by molar-refractivity contribution is 5.99. The van der Waals surface area contributed by atoms with E-state index < -0.39 is 23.4 Å². The average molecular weight is 528 g/mol. The van der Waals surface area contributed by atoms with Crippen LogP contribution in [0.1, 0.15) is 18.4 Å². The molecular weight excluding hydrogens is 496 g/mol. The summed E-state index contributed by atoms with van der Waals surface area (Å²) in [6.45, 7) is 3.54. The molecule has 0 saturated carbocycles. The number of aromatic nitrogens is 2. The second-order valence-corrected chi connectivity index (χ2v) is 8.45. The number of nitrogens with one attached hydrogen (secondary N) is 4. The molecule has 0 aliphatic heterocycles. The molecular formula is C25H31F2N9O2. The molecule has 3 aromatic rings. The van der Waals surface area contributed by atoms with Crippen LogP contribution in [0.15, 0.2) is 59.5 Å². The van der Waals surface area contributed by atoms with Crippen molar-refractivity contribution in [3.63, 3.8) is 0 Å². The second-order valence-electron chi connectivity index (χ2n) is 8.45. The van der Waals surface area contributed by atoms with Gasteiger partial charge in [-0.15, -0.1) is 0 Å². The van der Waals surface area contributed by atoms with Crippen molar-refractivity contribution in [1.29, 1.82) is 5.41 Å². The summed E-state index contributed by atoms with van der Waals surface area (Å²) in [5.41, 5.74) is 12.1. The van der Waals surface area contributed by atoms with Crippen LogP contribution in [-0.2, 0) is 6.54 Å². The summed E-state index contributed by atoms with van der Waals surface area (Å²) in [6.07, 6.45) is 3.16. The van der Waals surface area contributed by atoms with Gasteiger partial charge in [-0.25, -0.2) is 18.4 Å². The first-order chi connectivity index (χ1) is 18.2. The Bertz CT molecular complexity index is 1300. The van der Waals surface area contributed by atoms with Crippen molar-refractivity contribution >= 4 is 23.5 Å². The fourth-order valence-corrected chi connectivity index (χ4v) is 3.65. The molecule has 0 aliphatic rings. The number of carbonyl (C=O) groups is 1. The molecule has 202 valence electrons. The number of guanidine groups is 1. The van der Waals surface area contributed by atoms with Crippen LogP contribution in [0.2, 0.25) is 0 Å². The number of hydrogen-bond acceptors (Lipinski definition) is 6. The minimum atomic E-state index is -1.10. The number of carbonyl (C=O) groups excluding carboxylic acids is 1. The van der Waals surface area contributed by atoms with Crippen molar-refractivity contribution in [3.8, 4) is 5.69 Å². The summed E-state index contributed by atoms with van der Waals surface area (Å²) < 4.78 is 27.7. The number of amides is 2. The van der Waals surface area contributed by atoms with Crippen molar-refractivity contribution < 1.29 is 13.6 Å². The molecule has 0 saturated heterocycles. The number of anilines is 2. The molecule has 0 bridgehead atoms. The Morgan fingerprint density at radius 2 is 1.76 bits per heavy atom. The van der Waals surface area contributed by atoms with Crippen molar-refractivity contribution in [2.24, 2.45) is 11.5 Å². The van der Waals surface area contributed by atoms with E-state index >= 15 is 0 Å². The second kappa shape index (κ2) is 13.8. The third-order valence-electron chi connectivity index (χ3n) is 5.49. The zero-order valence-corrected chi connectivity index (χ0v) is 20.7. The maximum atomic E-state index is 13.3. The summed E-state index contributed by atoms with van der Waals surface area (Å²) >= 11 is 0. The molecule has 2 aromatic carbocycles. The zero-order chi connectivity index (χ0) is 27.5. The third-order valence-corrected chi connectivity index (χ3v) is 5.49. The van der Waals surface area contributed by atoms with Crippen molar-refractivity contribution in [3.05, 3.63) is 82.4 Å². The van der Waals surface area contributed by atoms with E-state index in [-0.39, 0.29) is 17.5 Å². The maximum absolute atomic E-state index is 13.3. The van der Waals surface area contributed by atoms with Crippen LogP contribution in [-0.4, -0.2) is 52.6 Å². The lowest BCUT2D eigenvalue weighted by Crippen LogP contribution is -2.34. The zero-order valence-electron chi connectivity index (χ0n) is 20.7. The van der Waals surface area contributed by atoms with Gasteiger partial charge in [0.1, 0.15) is 5.82 Å². The van der Waals surface area contributed by atoms with Gasteiger partial charge in [0.25, 0.3) is 0 Å². The fraction of sp³-hybridized carbons (Fsp3) is 0.280. The molecule has 13 heteroatoms. The Morgan fingerprint density at radius 3 is 2.42 bits per heavy atom. The number of nitrogens with two attached hydrogens (primary N) is 2. The first-order valence-corrected chi connectivity index (χ1v) is 12.0. The standard InChI is InChI=1S/C25H31F2N9O2/c26-20-8-5-18(15-21(20)27)32-24(37)33-22-9-14-36(25(38)34-22)19-6-3-17(4-7-19)16-35(12-1-10-28)13-2-11-31-23(29)30/h3-9,14-15H,1-2,10-13,16,28H2,(H4,29,30,31)(H2,32,33,34,37,38). The van der Waals surface area contributed by atoms with Crippen LogP contribution in [0.25, 0.3) is 5.69 Å². The van der Waals surface area contributed by atoms with Gasteiger partial charge in [0.2, 0.25) is 0 Å². The van der Waals surface area contributed by atoms with Crippen LogP contribution in [0.3, 0.4) is 0 Å². The van der Waals surface area contributed by atoms with Gasteiger partial charge < -0.3 is 22.1 Å². The van der Waals surface area contributed by atoms with E-state index in [1.54, 1.807) is 12.1 Å². The van der Waals surface area contributed by atoms with Gasteiger partial charge in [0.15, 0.2) is 17.6 Å². The molecule has 1 heterocycles. The number of benzene rings is 2. The smallest absolute Gasteiger partial charge is 0.354 e. The van der Waals surface area contributed by atoms with E-state index in [4.69, 9.17) is 16.9 Å². The van der Waals surface area contributed by atoms with E-state index in [9.17, 15) is 18.4 Å². The van der Waals surface area contributed by atoms with E-state index in [0.717, 1.165) is 43.6 Å². The van der Waals surface area contributed by atoms with Gasteiger partial charge in [0.05, 0.1) is 5.69 Å². The molecule has 2 amide bonds. The SMILES string of the molecule is N=C(N)NCCCN(CCCN)Cc1ccc(-n2ccc(NC(=O)Nc3ccc(F)c(F)c3)nc2=O)cc1. The molecule has 38 heavy (non-hydrogen) atoms. The van der Waals surface area contributed by atoms with Crippen LogP contribution in [0.4, 0.5) is 25.1 Å². The summed E-state index contributed by atoms with van der Waals surface area (Å²) in [5.74, 6) is -2.18. The Morgan fingerprint density at radius 1 is 1.03 bits per heavy atom. The average Bonchev–Trinajstić information content (AvgIpc) is 2.87. The Labute approximate surface area is 218 Å². The lowest BCUT2D eigenvalue weighted by atomic mass is 10.1. The summed E-state index contributed by atoms with van der Waals surface area (Å²) in [7, 11) is 0. The number of nitrogens with zero attached hydrogens (tertiary/aromatic N) is 3. The monoisotopic (exact) mass is 527 g/mol. The van der Waals surface area contributed by atoms with Crippen molar-refractivity contribution in [2.75, 3.05) is 36.8 Å². The highest BCUT2D eigenvalue weighted by Crippen LogP contribution is 2.14. The third kappa shape index (κ3) is 8.64. The van der Waals surface area contributed by atoms with Crippen LogP contribution in [0.5, 0.6) is 0 Å². The Balaban J connectivity index is 1.60. The summed E-state index contributed by atoms with van der Waals surface area (Å²) in [4.78, 5) is 30.8. The lowest BCUT2D eigenvalue weighted by molar-refractivity contribution is 0.260. The minimum absolute atomic E-state index is 0.00207. The number of urea groups is 1. The van der Waals surface area contributed by atoms with E-state index in [1.165, 1.54) is 22.9 Å². The summed E-state index contributed by atoms with van der Waals surface area (Å²) in [5, 5.41) is 14.8. The molecule has 0 fully saturated rings. The number of halogens is 2. The molecule has 11 nitrogen and oxygen atoms in total. The molecule has 3 rings (SSSR count). The maximum Gasteiger partial charge on any atom is 0.354 e. The lowest BCUT2D eigenvalue weighted by Gasteiger charge is -2.22. The Hall–Kier alpha value is -4.36. The van der Waals surface area contributed by atoms with Gasteiger partial charge in [0, 0.05) is 37.6 Å². The number of hydrogen-bond donors (Lipinski definition) is 6. The molecule has 1 aromatic heterocycles. The van der Waals surface area contributed by atoms with Crippen LogP contribution in [0, 0.1) is 17.0 Å². The highest BCUT2D eigenvalue weighted by Gasteiger charge is 2.10. The first-order valence-electron chi connectivity index (χ1n) is 12.0. The molecule has 0 unspecified atom stereocenters. The van der Waals surface area contributed by atoms with Gasteiger partial charge in [-0.05, 0) is 61.8 Å². The largest absolute Gasteiger partial charge is 0.370 e. The predicted octanol–water partition coefficient (Wildman–Crippen LogP) is 2.18. The van der Waals surface area contributed by atoms with E-state index in [2.05, 4.69) is 25.8 Å². The molecule has 0 spiro atoms. The molecule has 0 radical (unpaired) electrons. The normalized spacial score (nSPS) is 10.8. The van der Waals surface area contributed by atoms with Crippen LogP contribution < -0.4 is 33.1 Å². The van der Waals surface area contributed by atoms with Crippen molar-refractivity contribution in [2.45, 2.75) is 19.4 Å². The number of rotatable bonds is 12. The van der Waals surface area contributed by atoms with Gasteiger partial charge in [-0.1, -0.05) is 12.1 Å². The molecule has 0 atom stereocenters. The van der Waals surface area contributed by atoms with Gasteiger partial charge >= 0.3 is 11.7 Å². The van der Waals surface area contributed by atoms with E-state index in [0.29, 0.717) is 25.3 Å².